The molecule has 2 aromatic carbocycles. The van der Waals surface area contributed by atoms with Gasteiger partial charge in [0, 0.05) is 19.0 Å². The number of amides is 1. The molecule has 3 nitrogen and oxygen atoms in total. The molecule has 1 fully saturated rings. The highest BCUT2D eigenvalue weighted by atomic mass is 16.1. The minimum atomic E-state index is 0.163. The van der Waals surface area contributed by atoms with E-state index in [4.69, 9.17) is 0 Å². The first-order valence-corrected chi connectivity index (χ1v) is 10.7. The molecule has 0 aromatic heterocycles. The summed E-state index contributed by atoms with van der Waals surface area (Å²) in [5.74, 6) is 0.955. The molecule has 1 saturated heterocycles. The Kier molecular flexibility index (Phi) is 7.27. The number of hydrogen-bond acceptors (Lipinski definition) is 2. The zero-order chi connectivity index (χ0) is 19.9. The molecule has 1 aliphatic rings. The van der Waals surface area contributed by atoms with Gasteiger partial charge in [-0.1, -0.05) is 62.4 Å². The van der Waals surface area contributed by atoms with Crippen molar-refractivity contribution in [1.82, 2.24) is 10.2 Å². The highest BCUT2D eigenvalue weighted by Gasteiger charge is 2.24. The molecular weight excluding hydrogens is 344 g/mol. The Morgan fingerprint density at radius 1 is 1.07 bits per heavy atom. The maximum atomic E-state index is 12.5. The fourth-order valence-corrected chi connectivity index (χ4v) is 3.93. The first kappa shape index (κ1) is 20.6. The molecule has 28 heavy (non-hydrogen) atoms. The topological polar surface area (TPSA) is 32.3 Å². The van der Waals surface area contributed by atoms with Crippen molar-refractivity contribution in [1.29, 1.82) is 0 Å². The van der Waals surface area contributed by atoms with Crippen LogP contribution in [0.5, 0.6) is 0 Å². The summed E-state index contributed by atoms with van der Waals surface area (Å²) in [7, 11) is 0. The maximum absolute atomic E-state index is 12.5. The van der Waals surface area contributed by atoms with Gasteiger partial charge >= 0.3 is 0 Å². The van der Waals surface area contributed by atoms with E-state index in [0.29, 0.717) is 5.92 Å². The third kappa shape index (κ3) is 5.68. The SMILES string of the molecule is Cc1ccccc1CN1CCC(C(=O)NCCc2ccc(C(C)C)cc2)CC1. The van der Waals surface area contributed by atoms with Gasteiger partial charge in [0.25, 0.3) is 0 Å². The molecule has 0 aliphatic carbocycles. The van der Waals surface area contributed by atoms with E-state index < -0.39 is 0 Å². The highest BCUT2D eigenvalue weighted by Crippen LogP contribution is 2.20. The van der Waals surface area contributed by atoms with Gasteiger partial charge in [0.1, 0.15) is 0 Å². The van der Waals surface area contributed by atoms with Crippen molar-refractivity contribution in [3.05, 3.63) is 70.8 Å². The van der Waals surface area contributed by atoms with Gasteiger partial charge in [-0.05, 0) is 67.4 Å². The number of nitrogens with zero attached hydrogens (tertiary/aromatic N) is 1. The molecule has 0 unspecified atom stereocenters. The summed E-state index contributed by atoms with van der Waals surface area (Å²) >= 11 is 0. The monoisotopic (exact) mass is 378 g/mol. The van der Waals surface area contributed by atoms with Gasteiger partial charge in [-0.15, -0.1) is 0 Å². The molecule has 0 radical (unpaired) electrons. The Morgan fingerprint density at radius 2 is 1.75 bits per heavy atom. The number of likely N-dealkylation sites (tertiary alicyclic amines) is 1. The molecule has 0 saturated carbocycles. The molecule has 0 bridgehead atoms. The normalized spacial score (nSPS) is 15.7. The lowest BCUT2D eigenvalue weighted by atomic mass is 9.95. The Morgan fingerprint density at radius 3 is 2.39 bits per heavy atom. The highest BCUT2D eigenvalue weighted by molar-refractivity contribution is 5.78. The molecule has 150 valence electrons. The van der Waals surface area contributed by atoms with Crippen LogP contribution < -0.4 is 5.32 Å². The van der Waals surface area contributed by atoms with Gasteiger partial charge < -0.3 is 5.32 Å². The summed E-state index contributed by atoms with van der Waals surface area (Å²) in [6.07, 6.45) is 2.82. The average Bonchev–Trinajstić information content (AvgIpc) is 2.70. The number of benzene rings is 2. The third-order valence-corrected chi connectivity index (χ3v) is 5.97. The molecule has 1 heterocycles. The van der Waals surface area contributed by atoms with Gasteiger partial charge in [0.2, 0.25) is 5.91 Å². The van der Waals surface area contributed by atoms with E-state index in [9.17, 15) is 4.79 Å². The summed E-state index contributed by atoms with van der Waals surface area (Å²) in [6, 6.07) is 17.4. The fraction of sp³-hybridized carbons (Fsp3) is 0.480. The van der Waals surface area contributed by atoms with Gasteiger partial charge in [-0.25, -0.2) is 0 Å². The van der Waals surface area contributed by atoms with Crippen LogP contribution in [-0.2, 0) is 17.8 Å². The minimum absolute atomic E-state index is 0.163. The van der Waals surface area contributed by atoms with Gasteiger partial charge in [0.15, 0.2) is 0 Å². The number of rotatable bonds is 7. The van der Waals surface area contributed by atoms with Crippen LogP contribution in [0, 0.1) is 12.8 Å². The summed E-state index contributed by atoms with van der Waals surface area (Å²) in [5, 5.41) is 3.15. The Balaban J connectivity index is 1.38. The van der Waals surface area contributed by atoms with Crippen LogP contribution in [0.15, 0.2) is 48.5 Å². The first-order chi connectivity index (χ1) is 13.5. The van der Waals surface area contributed by atoms with Crippen LogP contribution >= 0.6 is 0 Å². The Hall–Kier alpha value is -2.13. The lowest BCUT2D eigenvalue weighted by molar-refractivity contribution is -0.126. The van der Waals surface area contributed by atoms with Crippen LogP contribution in [-0.4, -0.2) is 30.4 Å². The predicted octanol–water partition coefficient (Wildman–Crippen LogP) is 4.69. The molecule has 2 aromatic rings. The molecule has 0 spiro atoms. The van der Waals surface area contributed by atoms with Crippen molar-refractivity contribution < 1.29 is 4.79 Å². The molecule has 1 N–H and O–H groups in total. The van der Waals surface area contributed by atoms with E-state index in [1.807, 2.05) is 0 Å². The quantitative estimate of drug-likeness (QED) is 0.758. The van der Waals surface area contributed by atoms with E-state index in [2.05, 4.69) is 79.5 Å². The van der Waals surface area contributed by atoms with E-state index in [-0.39, 0.29) is 11.8 Å². The number of nitrogens with one attached hydrogen (secondary N) is 1. The molecule has 1 amide bonds. The first-order valence-electron chi connectivity index (χ1n) is 10.7. The molecule has 3 heteroatoms. The summed E-state index contributed by atoms with van der Waals surface area (Å²) < 4.78 is 0. The number of aryl methyl sites for hydroxylation is 1. The Labute approximate surface area is 170 Å². The third-order valence-electron chi connectivity index (χ3n) is 5.97. The zero-order valence-corrected chi connectivity index (χ0v) is 17.6. The van der Waals surface area contributed by atoms with Gasteiger partial charge in [-0.3, -0.25) is 9.69 Å². The largest absolute Gasteiger partial charge is 0.356 e. The van der Waals surface area contributed by atoms with Crippen molar-refractivity contribution in [2.24, 2.45) is 5.92 Å². The summed E-state index contributed by atoms with van der Waals surface area (Å²) in [5.41, 5.74) is 5.40. The van der Waals surface area contributed by atoms with Crippen LogP contribution in [0.4, 0.5) is 0 Å². The van der Waals surface area contributed by atoms with E-state index >= 15 is 0 Å². The van der Waals surface area contributed by atoms with Crippen molar-refractivity contribution in [3.63, 3.8) is 0 Å². The number of piperidine rings is 1. The average molecular weight is 379 g/mol. The van der Waals surface area contributed by atoms with Crippen molar-refractivity contribution in [3.8, 4) is 0 Å². The van der Waals surface area contributed by atoms with Crippen LogP contribution in [0.1, 0.15) is 54.9 Å². The molecule has 0 atom stereocenters. The van der Waals surface area contributed by atoms with E-state index in [0.717, 1.165) is 45.4 Å². The van der Waals surface area contributed by atoms with Crippen molar-refractivity contribution >= 4 is 5.91 Å². The van der Waals surface area contributed by atoms with Crippen molar-refractivity contribution in [2.45, 2.75) is 52.5 Å². The minimum Gasteiger partial charge on any atom is -0.356 e. The molecule has 1 aliphatic heterocycles. The Bertz CT molecular complexity index is 758. The zero-order valence-electron chi connectivity index (χ0n) is 17.6. The van der Waals surface area contributed by atoms with Crippen LogP contribution in [0.3, 0.4) is 0 Å². The molecule has 3 rings (SSSR count). The number of hydrogen-bond donors (Lipinski definition) is 1. The second-order valence-electron chi connectivity index (χ2n) is 8.41. The van der Waals surface area contributed by atoms with Crippen molar-refractivity contribution in [2.75, 3.05) is 19.6 Å². The van der Waals surface area contributed by atoms with Crippen LogP contribution in [0.25, 0.3) is 0 Å². The lowest BCUT2D eigenvalue weighted by Gasteiger charge is -2.31. The standard InChI is InChI=1S/C25H34N2O/c1-19(2)22-10-8-21(9-11-22)12-15-26-25(28)23-13-16-27(17-14-23)18-24-7-5-4-6-20(24)3/h4-11,19,23H,12-18H2,1-3H3,(H,26,28). The van der Waals surface area contributed by atoms with Gasteiger partial charge in [-0.2, -0.15) is 0 Å². The van der Waals surface area contributed by atoms with E-state index in [1.54, 1.807) is 0 Å². The summed E-state index contributed by atoms with van der Waals surface area (Å²) in [4.78, 5) is 15.0. The molecular formula is C25H34N2O. The van der Waals surface area contributed by atoms with E-state index in [1.165, 1.54) is 22.3 Å². The number of carbonyl (C=O) groups excluding carboxylic acids is 1. The second kappa shape index (κ2) is 9.88. The second-order valence-corrected chi connectivity index (χ2v) is 8.41. The predicted molar refractivity (Wildman–Crippen MR) is 116 cm³/mol. The number of carbonyl (C=O) groups is 1. The maximum Gasteiger partial charge on any atom is 0.223 e. The van der Waals surface area contributed by atoms with Gasteiger partial charge in [0.05, 0.1) is 0 Å². The smallest absolute Gasteiger partial charge is 0.223 e. The lowest BCUT2D eigenvalue weighted by Crippen LogP contribution is -2.40. The van der Waals surface area contributed by atoms with Crippen LogP contribution in [0.2, 0.25) is 0 Å². The summed E-state index contributed by atoms with van der Waals surface area (Å²) in [6.45, 7) is 10.3. The fourth-order valence-electron chi connectivity index (χ4n) is 3.93.